The molecular weight excluding hydrogens is 214 g/mol. The molecule has 0 fully saturated rings. The van der Waals surface area contributed by atoms with Crippen LogP contribution in [-0.2, 0) is 9.53 Å². The van der Waals surface area contributed by atoms with Crippen LogP contribution in [0.15, 0.2) is 11.6 Å². The van der Waals surface area contributed by atoms with Crippen molar-refractivity contribution in [3.05, 3.63) is 11.6 Å². The Hall–Kier alpha value is -0.830. The summed E-state index contributed by atoms with van der Waals surface area (Å²) in [6, 6.07) is 0. The van der Waals surface area contributed by atoms with Crippen LogP contribution in [0.5, 0.6) is 0 Å². The van der Waals surface area contributed by atoms with Gasteiger partial charge in [0, 0.05) is 6.54 Å². The van der Waals surface area contributed by atoms with E-state index >= 15 is 0 Å². The number of nitrogens with one attached hydrogen (secondary N) is 1. The van der Waals surface area contributed by atoms with Gasteiger partial charge in [0.25, 0.3) is 0 Å². The maximum atomic E-state index is 11.5. The number of methoxy groups -OCH3 is 1. The Bertz CT molecular complexity index is 282. The van der Waals surface area contributed by atoms with Crippen LogP contribution in [0.25, 0.3) is 0 Å². The van der Waals surface area contributed by atoms with Gasteiger partial charge in [0.15, 0.2) is 0 Å². The summed E-state index contributed by atoms with van der Waals surface area (Å²) in [5, 5.41) is 3.35. The van der Waals surface area contributed by atoms with Crippen molar-refractivity contribution in [1.29, 1.82) is 0 Å². The molecule has 0 aliphatic heterocycles. The minimum atomic E-state index is -0.435. The summed E-state index contributed by atoms with van der Waals surface area (Å²) in [6.07, 6.45) is 8.64. The van der Waals surface area contributed by atoms with E-state index in [0.29, 0.717) is 6.54 Å². The van der Waals surface area contributed by atoms with Crippen LogP contribution >= 0.6 is 0 Å². The fraction of sp³-hybridized carbons (Fsp3) is 0.786. The maximum absolute atomic E-state index is 11.5. The number of carbonyl (C=O) groups excluding carboxylic acids is 1. The van der Waals surface area contributed by atoms with E-state index in [2.05, 4.69) is 11.4 Å². The molecule has 98 valence electrons. The molecule has 17 heavy (non-hydrogen) atoms. The zero-order valence-corrected chi connectivity index (χ0v) is 11.3. The lowest BCUT2D eigenvalue weighted by molar-refractivity contribution is -0.150. The van der Waals surface area contributed by atoms with Gasteiger partial charge >= 0.3 is 5.97 Å². The number of hydrogen-bond acceptors (Lipinski definition) is 3. The van der Waals surface area contributed by atoms with Crippen molar-refractivity contribution in [2.45, 2.75) is 46.0 Å². The highest BCUT2D eigenvalue weighted by Gasteiger charge is 2.27. The molecule has 1 N–H and O–H groups in total. The third-order valence-electron chi connectivity index (χ3n) is 3.31. The van der Waals surface area contributed by atoms with Crippen LogP contribution in [0, 0.1) is 5.41 Å². The summed E-state index contributed by atoms with van der Waals surface area (Å²) in [5.74, 6) is -0.151. The topological polar surface area (TPSA) is 38.3 Å². The van der Waals surface area contributed by atoms with Crippen molar-refractivity contribution in [1.82, 2.24) is 5.32 Å². The fourth-order valence-corrected chi connectivity index (χ4v) is 2.13. The Morgan fingerprint density at radius 3 is 2.82 bits per heavy atom. The van der Waals surface area contributed by atoms with Gasteiger partial charge < -0.3 is 10.1 Å². The average Bonchev–Trinajstić information content (AvgIpc) is 2.35. The SMILES string of the molecule is COC(=O)C(C)(C)CNCCC1=CCCCC1. The van der Waals surface area contributed by atoms with Crippen molar-refractivity contribution in [3.63, 3.8) is 0 Å². The minimum Gasteiger partial charge on any atom is -0.469 e. The first-order valence-electron chi connectivity index (χ1n) is 6.53. The summed E-state index contributed by atoms with van der Waals surface area (Å²) in [5.41, 5.74) is 1.13. The monoisotopic (exact) mass is 239 g/mol. The Morgan fingerprint density at radius 1 is 1.47 bits per heavy atom. The predicted octanol–water partition coefficient (Wildman–Crippen LogP) is 2.67. The Balaban J connectivity index is 2.19. The molecule has 0 saturated heterocycles. The predicted molar refractivity (Wildman–Crippen MR) is 69.8 cm³/mol. The zero-order chi connectivity index (χ0) is 12.7. The van der Waals surface area contributed by atoms with Crippen molar-refractivity contribution in [2.24, 2.45) is 5.41 Å². The van der Waals surface area contributed by atoms with Gasteiger partial charge in [-0.25, -0.2) is 0 Å². The Morgan fingerprint density at radius 2 is 2.24 bits per heavy atom. The molecule has 1 aliphatic rings. The van der Waals surface area contributed by atoms with Gasteiger partial charge in [-0.2, -0.15) is 0 Å². The standard InChI is InChI=1S/C14H25NO2/c1-14(2,13(16)17-3)11-15-10-9-12-7-5-4-6-8-12/h7,15H,4-6,8-11H2,1-3H3. The molecule has 0 saturated carbocycles. The van der Waals surface area contributed by atoms with Crippen LogP contribution in [0.2, 0.25) is 0 Å². The molecule has 0 amide bonds. The van der Waals surface area contributed by atoms with Crippen LogP contribution in [-0.4, -0.2) is 26.2 Å². The molecule has 0 atom stereocenters. The Kier molecular flexibility index (Phi) is 5.69. The first-order valence-corrected chi connectivity index (χ1v) is 6.53. The van der Waals surface area contributed by atoms with Crippen LogP contribution in [0.3, 0.4) is 0 Å². The van der Waals surface area contributed by atoms with Crippen molar-refractivity contribution in [2.75, 3.05) is 20.2 Å². The highest BCUT2D eigenvalue weighted by atomic mass is 16.5. The number of esters is 1. The molecule has 0 aromatic rings. The molecule has 0 unspecified atom stereocenters. The fourth-order valence-electron chi connectivity index (χ4n) is 2.13. The molecule has 0 heterocycles. The van der Waals surface area contributed by atoms with Gasteiger partial charge in [0.1, 0.15) is 0 Å². The maximum Gasteiger partial charge on any atom is 0.312 e. The summed E-state index contributed by atoms with van der Waals surface area (Å²) >= 11 is 0. The van der Waals surface area contributed by atoms with Crippen LogP contribution in [0.1, 0.15) is 46.0 Å². The second kappa shape index (κ2) is 6.80. The number of carbonyl (C=O) groups is 1. The van der Waals surface area contributed by atoms with Crippen LogP contribution < -0.4 is 5.32 Å². The van der Waals surface area contributed by atoms with Gasteiger partial charge in [0.05, 0.1) is 12.5 Å². The van der Waals surface area contributed by atoms with Crippen molar-refractivity contribution >= 4 is 5.97 Å². The summed E-state index contributed by atoms with van der Waals surface area (Å²) < 4.78 is 4.77. The van der Waals surface area contributed by atoms with E-state index in [1.54, 1.807) is 5.57 Å². The van der Waals surface area contributed by atoms with E-state index in [1.165, 1.54) is 32.8 Å². The molecule has 3 heteroatoms. The second-order valence-electron chi connectivity index (χ2n) is 5.41. The Labute approximate surface area is 105 Å². The van der Waals surface area contributed by atoms with Gasteiger partial charge in [-0.3, -0.25) is 4.79 Å². The molecule has 0 bridgehead atoms. The number of hydrogen-bond donors (Lipinski definition) is 1. The molecule has 1 rings (SSSR count). The minimum absolute atomic E-state index is 0.151. The summed E-state index contributed by atoms with van der Waals surface area (Å²) in [7, 11) is 1.44. The number of rotatable bonds is 6. The summed E-state index contributed by atoms with van der Waals surface area (Å²) in [4.78, 5) is 11.5. The largest absolute Gasteiger partial charge is 0.469 e. The molecule has 1 aliphatic carbocycles. The number of allylic oxidation sites excluding steroid dienone is 1. The van der Waals surface area contributed by atoms with E-state index in [4.69, 9.17) is 4.74 Å². The van der Waals surface area contributed by atoms with Gasteiger partial charge in [-0.05, 0) is 52.5 Å². The molecular formula is C14H25NO2. The molecule has 3 nitrogen and oxygen atoms in total. The van der Waals surface area contributed by atoms with Gasteiger partial charge in [0.2, 0.25) is 0 Å². The molecule has 0 radical (unpaired) electrons. The van der Waals surface area contributed by atoms with E-state index in [0.717, 1.165) is 13.0 Å². The molecule has 0 spiro atoms. The van der Waals surface area contributed by atoms with Crippen molar-refractivity contribution < 1.29 is 9.53 Å². The summed E-state index contributed by atoms with van der Waals surface area (Å²) in [6.45, 7) is 5.44. The molecule has 0 aromatic carbocycles. The molecule has 0 aromatic heterocycles. The third kappa shape index (κ3) is 4.90. The van der Waals surface area contributed by atoms with E-state index in [9.17, 15) is 4.79 Å². The quantitative estimate of drug-likeness (QED) is 0.440. The van der Waals surface area contributed by atoms with Crippen LogP contribution in [0.4, 0.5) is 0 Å². The van der Waals surface area contributed by atoms with Crippen molar-refractivity contribution in [3.8, 4) is 0 Å². The smallest absolute Gasteiger partial charge is 0.312 e. The first kappa shape index (κ1) is 14.2. The third-order valence-corrected chi connectivity index (χ3v) is 3.31. The highest BCUT2D eigenvalue weighted by Crippen LogP contribution is 2.20. The van der Waals surface area contributed by atoms with Gasteiger partial charge in [-0.15, -0.1) is 0 Å². The van der Waals surface area contributed by atoms with E-state index in [1.807, 2.05) is 13.8 Å². The lowest BCUT2D eigenvalue weighted by Crippen LogP contribution is -2.37. The zero-order valence-electron chi connectivity index (χ0n) is 11.3. The van der Waals surface area contributed by atoms with Gasteiger partial charge in [-0.1, -0.05) is 11.6 Å². The lowest BCUT2D eigenvalue weighted by atomic mass is 9.93. The van der Waals surface area contributed by atoms with E-state index in [-0.39, 0.29) is 5.97 Å². The normalized spacial score (nSPS) is 16.5. The average molecular weight is 239 g/mol. The highest BCUT2D eigenvalue weighted by molar-refractivity contribution is 5.76. The van der Waals surface area contributed by atoms with E-state index < -0.39 is 5.41 Å². The second-order valence-corrected chi connectivity index (χ2v) is 5.41. The first-order chi connectivity index (χ1) is 8.06. The number of ether oxygens (including phenoxy) is 1. The lowest BCUT2D eigenvalue weighted by Gasteiger charge is -2.22.